The summed E-state index contributed by atoms with van der Waals surface area (Å²) in [6, 6.07) is 10.5. The molecule has 1 heterocycles. The Balaban J connectivity index is 2.15. The fraction of sp³-hybridized carbons (Fsp3) is 0.250. The minimum atomic E-state index is 0.904. The van der Waals surface area contributed by atoms with Gasteiger partial charge in [-0.1, -0.05) is 58.9 Å². The van der Waals surface area contributed by atoms with Crippen LogP contribution in [0.1, 0.15) is 5.56 Å². The Hall–Kier alpha value is -1.32. The van der Waals surface area contributed by atoms with E-state index in [9.17, 15) is 0 Å². The van der Waals surface area contributed by atoms with Gasteiger partial charge in [0.15, 0.2) is 0 Å². The van der Waals surface area contributed by atoms with E-state index in [0.717, 1.165) is 24.1 Å². The van der Waals surface area contributed by atoms with Crippen molar-refractivity contribution in [3.8, 4) is 0 Å². The van der Waals surface area contributed by atoms with Gasteiger partial charge in [-0.2, -0.15) is 0 Å². The van der Waals surface area contributed by atoms with Crippen molar-refractivity contribution < 1.29 is 4.74 Å². The third-order valence-corrected chi connectivity index (χ3v) is 3.94. The zero-order chi connectivity index (χ0) is 13.7. The van der Waals surface area contributed by atoms with E-state index in [2.05, 4.69) is 51.7 Å². The lowest BCUT2D eigenvalue weighted by atomic mass is 10.1. The third kappa shape index (κ3) is 3.58. The van der Waals surface area contributed by atoms with Crippen molar-refractivity contribution in [1.82, 2.24) is 4.90 Å². The van der Waals surface area contributed by atoms with Crippen molar-refractivity contribution >= 4 is 15.9 Å². The van der Waals surface area contributed by atoms with Gasteiger partial charge in [0.2, 0.25) is 0 Å². The maximum atomic E-state index is 5.17. The Morgan fingerprint density at radius 3 is 2.74 bits per heavy atom. The molecule has 19 heavy (non-hydrogen) atoms. The average Bonchev–Trinajstić information content (AvgIpc) is 2.82. The molecule has 1 saturated heterocycles. The molecule has 2 nitrogen and oxygen atoms in total. The smallest absolute Gasteiger partial charge is 0.0873 e. The van der Waals surface area contributed by atoms with Gasteiger partial charge < -0.3 is 4.74 Å². The summed E-state index contributed by atoms with van der Waals surface area (Å²) in [5, 5.41) is 0. The van der Waals surface area contributed by atoms with E-state index in [-0.39, 0.29) is 0 Å². The largest absolute Gasteiger partial charge is 0.504 e. The van der Waals surface area contributed by atoms with Crippen molar-refractivity contribution in [3.63, 3.8) is 0 Å². The van der Waals surface area contributed by atoms with E-state index >= 15 is 0 Å². The van der Waals surface area contributed by atoms with Gasteiger partial charge in [-0.05, 0) is 11.1 Å². The first-order chi connectivity index (χ1) is 9.24. The number of benzene rings is 1. The minimum absolute atomic E-state index is 0.904. The van der Waals surface area contributed by atoms with Crippen LogP contribution >= 0.6 is 15.9 Å². The molecular weight excluding hydrogens is 302 g/mol. The number of nitrogens with zero attached hydrogens (tertiary/aromatic N) is 1. The van der Waals surface area contributed by atoms with Crippen molar-refractivity contribution in [2.75, 3.05) is 20.2 Å². The van der Waals surface area contributed by atoms with E-state index in [1.165, 1.54) is 16.7 Å². The summed E-state index contributed by atoms with van der Waals surface area (Å²) in [5.41, 5.74) is 3.80. The molecule has 1 aliphatic heterocycles. The Kier molecular flexibility index (Phi) is 5.00. The van der Waals surface area contributed by atoms with E-state index in [1.807, 2.05) is 18.4 Å². The Bertz CT molecular complexity index is 505. The van der Waals surface area contributed by atoms with Crippen LogP contribution in [0.2, 0.25) is 0 Å². The summed E-state index contributed by atoms with van der Waals surface area (Å²) < 4.78 is 6.22. The monoisotopic (exact) mass is 319 g/mol. The van der Waals surface area contributed by atoms with Crippen molar-refractivity contribution in [1.29, 1.82) is 0 Å². The number of hydrogen-bond acceptors (Lipinski definition) is 2. The molecule has 0 aromatic heterocycles. The fourth-order valence-corrected chi connectivity index (χ4v) is 2.65. The predicted octanol–water partition coefficient (Wildman–Crippen LogP) is 3.87. The van der Waals surface area contributed by atoms with Gasteiger partial charge in [-0.25, -0.2) is 0 Å². The lowest BCUT2D eigenvalue weighted by Gasteiger charge is -2.13. The molecule has 1 fully saturated rings. The van der Waals surface area contributed by atoms with Gasteiger partial charge in [-0.3, -0.25) is 4.90 Å². The highest BCUT2D eigenvalue weighted by atomic mass is 79.9. The van der Waals surface area contributed by atoms with Crippen LogP contribution in [0.15, 0.2) is 64.9 Å². The summed E-state index contributed by atoms with van der Waals surface area (Å²) >= 11 is 3.57. The Labute approximate surface area is 123 Å². The van der Waals surface area contributed by atoms with E-state index in [4.69, 9.17) is 4.74 Å². The summed E-state index contributed by atoms with van der Waals surface area (Å²) in [6.07, 6.45) is 3.66. The molecule has 0 atom stereocenters. The molecule has 0 spiro atoms. The Morgan fingerprint density at radius 2 is 2.11 bits per heavy atom. The number of methoxy groups -OCH3 is 1. The van der Waals surface area contributed by atoms with Gasteiger partial charge in [0.1, 0.15) is 0 Å². The average molecular weight is 320 g/mol. The third-order valence-electron chi connectivity index (χ3n) is 3.14. The molecule has 0 amide bonds. The molecule has 0 bridgehead atoms. The van der Waals surface area contributed by atoms with Crippen LogP contribution in [0, 0.1) is 0 Å². The maximum absolute atomic E-state index is 5.17. The normalized spacial score (nSPS) is 20.6. The van der Waals surface area contributed by atoms with Crippen LogP contribution in [-0.2, 0) is 11.3 Å². The molecule has 1 aliphatic rings. The summed E-state index contributed by atoms with van der Waals surface area (Å²) in [4.78, 5) is 2.39. The first-order valence-corrected chi connectivity index (χ1v) is 7.03. The molecule has 1 aromatic rings. The standard InChI is InChI=1S/C16H18BrNO/c1-3-16(17)15-11-18(10-14(15)12-19-2)9-13-7-5-4-6-8-13/h3-8,12H,1,9-11H2,2H3/b14-12+,16-15+. The molecule has 0 N–H and O–H groups in total. The predicted molar refractivity (Wildman–Crippen MR) is 83.0 cm³/mol. The summed E-state index contributed by atoms with van der Waals surface area (Å²) in [7, 11) is 1.69. The Morgan fingerprint density at radius 1 is 1.37 bits per heavy atom. The topological polar surface area (TPSA) is 12.5 Å². The molecular formula is C16H18BrNO. The van der Waals surface area contributed by atoms with Gasteiger partial charge in [0.05, 0.1) is 13.4 Å². The first kappa shape index (κ1) is 14.1. The van der Waals surface area contributed by atoms with Crippen LogP contribution in [0.3, 0.4) is 0 Å². The van der Waals surface area contributed by atoms with Crippen molar-refractivity contribution in [3.05, 3.63) is 70.4 Å². The van der Waals surface area contributed by atoms with Gasteiger partial charge in [0.25, 0.3) is 0 Å². The van der Waals surface area contributed by atoms with Gasteiger partial charge in [0, 0.05) is 29.7 Å². The lowest BCUT2D eigenvalue weighted by Crippen LogP contribution is -2.18. The van der Waals surface area contributed by atoms with Crippen LogP contribution in [0.5, 0.6) is 0 Å². The highest BCUT2D eigenvalue weighted by molar-refractivity contribution is 9.11. The van der Waals surface area contributed by atoms with Crippen LogP contribution in [0.25, 0.3) is 0 Å². The number of halogens is 1. The van der Waals surface area contributed by atoms with Crippen molar-refractivity contribution in [2.45, 2.75) is 6.54 Å². The quantitative estimate of drug-likeness (QED) is 0.781. The molecule has 0 aliphatic carbocycles. The molecule has 100 valence electrons. The number of allylic oxidation sites excluding steroid dienone is 2. The molecule has 2 rings (SSSR count). The molecule has 0 saturated carbocycles. The van der Waals surface area contributed by atoms with Crippen LogP contribution in [0.4, 0.5) is 0 Å². The zero-order valence-electron chi connectivity index (χ0n) is 11.1. The fourth-order valence-electron chi connectivity index (χ4n) is 2.27. The molecule has 0 unspecified atom stereocenters. The van der Waals surface area contributed by atoms with E-state index < -0.39 is 0 Å². The van der Waals surface area contributed by atoms with Crippen LogP contribution < -0.4 is 0 Å². The SMILES string of the molecule is C=C/C(Br)=C1/CN(Cc2ccccc2)C/C1=C\OC. The lowest BCUT2D eigenvalue weighted by molar-refractivity contribution is 0.324. The number of hydrogen-bond donors (Lipinski definition) is 0. The number of ether oxygens (including phenoxy) is 1. The second-order valence-corrected chi connectivity index (χ2v) is 5.39. The summed E-state index contributed by atoms with van der Waals surface area (Å²) in [6.45, 7) is 6.58. The molecule has 3 heteroatoms. The number of rotatable bonds is 4. The second kappa shape index (κ2) is 6.73. The molecule has 1 aromatic carbocycles. The first-order valence-electron chi connectivity index (χ1n) is 6.24. The zero-order valence-corrected chi connectivity index (χ0v) is 12.7. The molecule has 0 radical (unpaired) electrons. The van der Waals surface area contributed by atoms with Gasteiger partial charge >= 0.3 is 0 Å². The van der Waals surface area contributed by atoms with E-state index in [0.29, 0.717) is 0 Å². The highest BCUT2D eigenvalue weighted by Gasteiger charge is 2.23. The second-order valence-electron chi connectivity index (χ2n) is 4.54. The minimum Gasteiger partial charge on any atom is -0.504 e. The summed E-state index contributed by atoms with van der Waals surface area (Å²) in [5.74, 6) is 0. The maximum Gasteiger partial charge on any atom is 0.0873 e. The van der Waals surface area contributed by atoms with E-state index in [1.54, 1.807) is 7.11 Å². The van der Waals surface area contributed by atoms with Gasteiger partial charge in [-0.15, -0.1) is 0 Å². The number of likely N-dealkylation sites (tertiary alicyclic amines) is 1. The van der Waals surface area contributed by atoms with Crippen molar-refractivity contribution in [2.24, 2.45) is 0 Å². The van der Waals surface area contributed by atoms with Crippen LogP contribution in [-0.4, -0.2) is 25.1 Å². The highest BCUT2D eigenvalue weighted by Crippen LogP contribution is 2.29.